The van der Waals surface area contributed by atoms with Gasteiger partial charge in [0.15, 0.2) is 0 Å². The molecule has 5 nitrogen and oxygen atoms in total. The number of aromatic nitrogens is 2. The number of carbonyl (C=O) groups is 2. The van der Waals surface area contributed by atoms with Gasteiger partial charge in [-0.05, 0) is 6.92 Å². The van der Waals surface area contributed by atoms with Crippen molar-refractivity contribution < 1.29 is 9.59 Å². The molecule has 0 radical (unpaired) electrons. The second-order valence-corrected chi connectivity index (χ2v) is 3.34. The summed E-state index contributed by atoms with van der Waals surface area (Å²) in [6.45, 7) is 2.03. The third-order valence-corrected chi connectivity index (χ3v) is 1.94. The number of hydrogen-bond acceptors (Lipinski definition) is 3. The maximum absolute atomic E-state index is 11.2. The third kappa shape index (κ3) is 4.95. The van der Waals surface area contributed by atoms with Gasteiger partial charge in [0.2, 0.25) is 5.91 Å². The van der Waals surface area contributed by atoms with Crippen LogP contribution in [0.25, 0.3) is 0 Å². The van der Waals surface area contributed by atoms with E-state index in [9.17, 15) is 9.59 Å². The Morgan fingerprint density at radius 3 is 2.87 bits per heavy atom. The van der Waals surface area contributed by atoms with Crippen LogP contribution in [0, 0.1) is 0 Å². The number of ketones is 1. The van der Waals surface area contributed by atoms with Gasteiger partial charge in [-0.25, -0.2) is 4.98 Å². The van der Waals surface area contributed by atoms with Gasteiger partial charge >= 0.3 is 0 Å². The maximum atomic E-state index is 11.2. The maximum Gasteiger partial charge on any atom is 0.220 e. The normalized spacial score (nSPS) is 9.93. The first-order valence-electron chi connectivity index (χ1n) is 4.93. The van der Waals surface area contributed by atoms with Crippen LogP contribution in [-0.4, -0.2) is 28.2 Å². The van der Waals surface area contributed by atoms with Crippen molar-refractivity contribution in [3.63, 3.8) is 0 Å². The number of nitrogens with one attached hydrogen (secondary N) is 2. The van der Waals surface area contributed by atoms with Gasteiger partial charge in [0, 0.05) is 38.2 Å². The number of amides is 1. The van der Waals surface area contributed by atoms with Crippen LogP contribution < -0.4 is 5.32 Å². The highest BCUT2D eigenvalue weighted by molar-refractivity contribution is 5.83. The molecule has 0 saturated heterocycles. The van der Waals surface area contributed by atoms with Crippen LogP contribution in [0.1, 0.15) is 25.6 Å². The van der Waals surface area contributed by atoms with E-state index < -0.39 is 0 Å². The van der Waals surface area contributed by atoms with E-state index in [2.05, 4.69) is 15.3 Å². The Labute approximate surface area is 88.3 Å². The van der Waals surface area contributed by atoms with Crippen LogP contribution in [0.4, 0.5) is 0 Å². The standard InChI is InChI=1S/C10H15N3O2/c1-8(14)2-3-10(15)13-5-4-9-11-6-7-12-9/h6-7H,2-5H2,1H3,(H,11,12)(H,13,15). The Kier molecular flexibility index (Phi) is 4.53. The Hall–Kier alpha value is -1.65. The highest BCUT2D eigenvalue weighted by Gasteiger charge is 2.03. The lowest BCUT2D eigenvalue weighted by atomic mass is 10.2. The smallest absolute Gasteiger partial charge is 0.220 e. The SMILES string of the molecule is CC(=O)CCC(=O)NCCc1ncc[nH]1. The van der Waals surface area contributed by atoms with Crippen LogP contribution in [0.5, 0.6) is 0 Å². The van der Waals surface area contributed by atoms with Crippen molar-refractivity contribution in [3.05, 3.63) is 18.2 Å². The predicted molar refractivity (Wildman–Crippen MR) is 55.2 cm³/mol. The number of aromatic amines is 1. The number of carbonyl (C=O) groups excluding carboxylic acids is 2. The van der Waals surface area contributed by atoms with Crippen LogP contribution in [0.15, 0.2) is 12.4 Å². The molecule has 82 valence electrons. The van der Waals surface area contributed by atoms with Crippen molar-refractivity contribution in [1.82, 2.24) is 15.3 Å². The van der Waals surface area contributed by atoms with E-state index in [0.717, 1.165) is 5.82 Å². The summed E-state index contributed by atoms with van der Waals surface area (Å²) in [4.78, 5) is 28.8. The van der Waals surface area contributed by atoms with Gasteiger partial charge in [0.05, 0.1) is 0 Å². The molecule has 0 aliphatic carbocycles. The fourth-order valence-electron chi connectivity index (χ4n) is 1.13. The molecule has 2 N–H and O–H groups in total. The van der Waals surface area contributed by atoms with E-state index in [0.29, 0.717) is 19.4 Å². The van der Waals surface area contributed by atoms with Crippen LogP contribution >= 0.6 is 0 Å². The molecule has 1 rings (SSSR count). The summed E-state index contributed by atoms with van der Waals surface area (Å²) in [6.07, 6.45) is 4.68. The quantitative estimate of drug-likeness (QED) is 0.713. The molecule has 0 aromatic carbocycles. The minimum absolute atomic E-state index is 0.0381. The van der Waals surface area contributed by atoms with E-state index in [-0.39, 0.29) is 18.1 Å². The second-order valence-electron chi connectivity index (χ2n) is 3.34. The molecule has 1 heterocycles. The van der Waals surface area contributed by atoms with Gasteiger partial charge in [-0.2, -0.15) is 0 Å². The fraction of sp³-hybridized carbons (Fsp3) is 0.500. The van der Waals surface area contributed by atoms with Gasteiger partial charge in [-0.3, -0.25) is 4.79 Å². The number of imidazole rings is 1. The Bertz CT molecular complexity index is 319. The van der Waals surface area contributed by atoms with Crippen molar-refractivity contribution in [1.29, 1.82) is 0 Å². The summed E-state index contributed by atoms with van der Waals surface area (Å²) in [6, 6.07) is 0. The molecule has 1 amide bonds. The molecule has 0 fully saturated rings. The average molecular weight is 209 g/mol. The molecule has 1 aromatic heterocycles. The van der Waals surface area contributed by atoms with E-state index in [1.807, 2.05) is 0 Å². The Morgan fingerprint density at radius 2 is 2.27 bits per heavy atom. The minimum Gasteiger partial charge on any atom is -0.356 e. The fourth-order valence-corrected chi connectivity index (χ4v) is 1.13. The molecule has 0 unspecified atom stereocenters. The monoisotopic (exact) mass is 209 g/mol. The molecule has 5 heteroatoms. The lowest BCUT2D eigenvalue weighted by Gasteiger charge is -2.02. The molecule has 0 aliphatic heterocycles. The molecule has 1 aromatic rings. The first-order valence-corrected chi connectivity index (χ1v) is 4.93. The first-order chi connectivity index (χ1) is 7.18. The van der Waals surface area contributed by atoms with Gasteiger partial charge < -0.3 is 15.1 Å². The van der Waals surface area contributed by atoms with Crippen molar-refractivity contribution >= 4 is 11.7 Å². The van der Waals surface area contributed by atoms with Gasteiger partial charge in [-0.15, -0.1) is 0 Å². The van der Waals surface area contributed by atoms with Crippen LogP contribution in [0.2, 0.25) is 0 Å². The number of Topliss-reactive ketones (excluding diaryl/α,β-unsaturated/α-hetero) is 1. The average Bonchev–Trinajstić information content (AvgIpc) is 2.67. The molecule has 0 spiro atoms. The molecule has 0 bridgehead atoms. The number of H-pyrrole nitrogens is 1. The second kappa shape index (κ2) is 5.95. The van der Waals surface area contributed by atoms with Crippen LogP contribution in [0.3, 0.4) is 0 Å². The summed E-state index contributed by atoms with van der Waals surface area (Å²) < 4.78 is 0. The van der Waals surface area contributed by atoms with E-state index in [1.54, 1.807) is 12.4 Å². The Balaban J connectivity index is 2.09. The molecular weight excluding hydrogens is 194 g/mol. The van der Waals surface area contributed by atoms with E-state index in [4.69, 9.17) is 0 Å². The minimum atomic E-state index is -0.0863. The highest BCUT2D eigenvalue weighted by atomic mass is 16.2. The van der Waals surface area contributed by atoms with Crippen molar-refractivity contribution in [2.45, 2.75) is 26.2 Å². The summed E-state index contributed by atoms with van der Waals surface area (Å²) in [7, 11) is 0. The van der Waals surface area contributed by atoms with Crippen LogP contribution in [-0.2, 0) is 16.0 Å². The number of rotatable bonds is 6. The van der Waals surface area contributed by atoms with Crippen molar-refractivity contribution in [3.8, 4) is 0 Å². The van der Waals surface area contributed by atoms with E-state index in [1.165, 1.54) is 6.92 Å². The predicted octanol–water partition coefficient (Wildman–Crippen LogP) is 0.438. The lowest BCUT2D eigenvalue weighted by Crippen LogP contribution is -2.26. The zero-order valence-corrected chi connectivity index (χ0v) is 8.75. The number of hydrogen-bond donors (Lipinski definition) is 2. The van der Waals surface area contributed by atoms with Crippen molar-refractivity contribution in [2.24, 2.45) is 0 Å². The van der Waals surface area contributed by atoms with E-state index >= 15 is 0 Å². The van der Waals surface area contributed by atoms with Gasteiger partial charge in [0.1, 0.15) is 11.6 Å². The zero-order chi connectivity index (χ0) is 11.1. The molecule has 0 saturated carbocycles. The number of nitrogens with zero attached hydrogens (tertiary/aromatic N) is 1. The summed E-state index contributed by atoms with van der Waals surface area (Å²) in [5.74, 6) is 0.801. The zero-order valence-electron chi connectivity index (χ0n) is 8.75. The van der Waals surface area contributed by atoms with Gasteiger partial charge in [-0.1, -0.05) is 0 Å². The molecular formula is C10H15N3O2. The van der Waals surface area contributed by atoms with Gasteiger partial charge in [0.25, 0.3) is 0 Å². The largest absolute Gasteiger partial charge is 0.356 e. The Morgan fingerprint density at radius 1 is 1.47 bits per heavy atom. The lowest BCUT2D eigenvalue weighted by molar-refractivity contribution is -0.124. The summed E-state index contributed by atoms with van der Waals surface area (Å²) >= 11 is 0. The first kappa shape index (κ1) is 11.4. The van der Waals surface area contributed by atoms with Crippen molar-refractivity contribution in [2.75, 3.05) is 6.54 Å². The molecule has 0 aliphatic rings. The molecule has 15 heavy (non-hydrogen) atoms. The summed E-state index contributed by atoms with van der Waals surface area (Å²) in [5.41, 5.74) is 0. The highest BCUT2D eigenvalue weighted by Crippen LogP contribution is 1.91. The topological polar surface area (TPSA) is 74.8 Å². The third-order valence-electron chi connectivity index (χ3n) is 1.94. The molecule has 0 atom stereocenters. The summed E-state index contributed by atoms with van der Waals surface area (Å²) in [5, 5.41) is 2.73.